The van der Waals surface area contributed by atoms with Crippen LogP contribution in [0.1, 0.15) is 62.3 Å². The van der Waals surface area contributed by atoms with Crippen molar-refractivity contribution in [3.63, 3.8) is 0 Å². The second kappa shape index (κ2) is 24.9. The lowest BCUT2D eigenvalue weighted by atomic mass is 9.13. The van der Waals surface area contributed by atoms with Crippen LogP contribution in [-0.2, 0) is 0 Å². The average molecular weight is 947 g/mol. The van der Waals surface area contributed by atoms with Crippen molar-refractivity contribution in [1.29, 1.82) is 0 Å². The number of nitrogens with one attached hydrogen (secondary N) is 2. The minimum Gasteiger partial charge on any atom is -0.322 e. The van der Waals surface area contributed by atoms with Crippen LogP contribution < -0.4 is 53.5 Å². The summed E-state index contributed by atoms with van der Waals surface area (Å²) in [5, 5.41) is 0. The van der Waals surface area contributed by atoms with E-state index < -0.39 is 12.3 Å². The third-order valence-electron chi connectivity index (χ3n) is 14.0. The Hall–Kier alpha value is -6.97. The van der Waals surface area contributed by atoms with Crippen molar-refractivity contribution < 1.29 is 9.80 Å². The molecule has 368 valence electrons. The highest BCUT2D eigenvalue weighted by Crippen LogP contribution is 2.12. The highest BCUT2D eigenvalue weighted by atomic mass is 15.3. The van der Waals surface area contributed by atoms with Crippen LogP contribution in [-0.4, -0.2) is 43.0 Å². The van der Waals surface area contributed by atoms with Crippen molar-refractivity contribution in [2.45, 2.75) is 78.9 Å². The molecule has 0 heterocycles. The molecule has 0 aromatic heterocycles. The van der Waals surface area contributed by atoms with Crippen molar-refractivity contribution >= 4 is 61.7 Å². The van der Waals surface area contributed by atoms with Gasteiger partial charge >= 0.3 is 0 Å². The van der Waals surface area contributed by atoms with E-state index in [-0.39, 0.29) is 0 Å². The van der Waals surface area contributed by atoms with E-state index in [9.17, 15) is 0 Å². The summed E-state index contributed by atoms with van der Waals surface area (Å²) in [6.07, 6.45) is -2.43. The van der Waals surface area contributed by atoms with Gasteiger partial charge in [0.2, 0.25) is 0 Å². The number of benzene rings is 9. The highest BCUT2D eigenvalue weighted by molar-refractivity contribution is 7.20. The van der Waals surface area contributed by atoms with Gasteiger partial charge in [0.25, 0.3) is 0 Å². The van der Waals surface area contributed by atoms with E-state index in [2.05, 4.69) is 343 Å². The number of hydrogen-bond donors (Lipinski definition) is 2. The summed E-state index contributed by atoms with van der Waals surface area (Å²) in [5.74, 6) is 0. The number of hydrogen-bond acceptors (Lipinski definition) is 0. The first kappa shape index (κ1) is 54.4. The van der Waals surface area contributed by atoms with Crippen LogP contribution in [0.5, 0.6) is 0 Å². The Morgan fingerprint density at radius 1 is 0.222 bits per heavy atom. The molecule has 0 aliphatic heterocycles. The maximum absolute atomic E-state index is 2.32. The predicted octanol–water partition coefficient (Wildman–Crippen LogP) is 8.86. The Kier molecular flexibility index (Phi) is 18.8. The fourth-order valence-corrected chi connectivity index (χ4v) is 12.4. The van der Waals surface area contributed by atoms with Gasteiger partial charge in [0.15, 0.2) is 0 Å². The van der Waals surface area contributed by atoms with Crippen LogP contribution in [0.25, 0.3) is 0 Å². The van der Waals surface area contributed by atoms with E-state index in [1.807, 2.05) is 6.07 Å². The molecule has 4 heteroatoms. The lowest BCUT2D eigenvalue weighted by molar-refractivity contribution is -1.03. The molecule has 0 atom stereocenters. The van der Waals surface area contributed by atoms with E-state index in [4.69, 9.17) is 0 Å². The van der Waals surface area contributed by atoms with Gasteiger partial charge in [0.05, 0.1) is 30.7 Å². The molecule has 9 aromatic rings. The van der Waals surface area contributed by atoms with Gasteiger partial charge in [-0.2, -0.15) is 43.7 Å². The summed E-state index contributed by atoms with van der Waals surface area (Å²) >= 11 is 0. The van der Waals surface area contributed by atoms with Crippen LogP contribution in [0.3, 0.4) is 0 Å². The van der Waals surface area contributed by atoms with E-state index in [0.29, 0.717) is 16.6 Å². The first-order chi connectivity index (χ1) is 34.5. The fourth-order valence-electron chi connectivity index (χ4n) is 12.4. The van der Waals surface area contributed by atoms with E-state index in [0.717, 1.165) is 0 Å². The van der Waals surface area contributed by atoms with Crippen molar-refractivity contribution in [2.24, 2.45) is 0 Å². The highest BCUT2D eigenvalue weighted by Gasteiger charge is 2.43. The van der Waals surface area contributed by atoms with Gasteiger partial charge in [0, 0.05) is 0 Å². The molecular weight excluding hydrogens is 866 g/mol. The van der Waals surface area contributed by atoms with Gasteiger partial charge < -0.3 is 9.80 Å². The van der Waals surface area contributed by atoms with E-state index in [1.54, 1.807) is 4.90 Å². The molecule has 9 aromatic carbocycles. The van der Waals surface area contributed by atoms with Crippen molar-refractivity contribution in [2.75, 3.05) is 14.1 Å². The summed E-state index contributed by atoms with van der Waals surface area (Å²) < 4.78 is 0. The summed E-state index contributed by atoms with van der Waals surface area (Å²) in [7, 11) is 4.24. The van der Waals surface area contributed by atoms with Gasteiger partial charge in [-0.15, -0.1) is 0 Å². The van der Waals surface area contributed by atoms with E-state index >= 15 is 0 Å². The molecule has 9 rings (SSSR count). The van der Waals surface area contributed by atoms with Gasteiger partial charge in [0.1, 0.15) is 18.0 Å². The molecule has 0 saturated carbocycles. The van der Waals surface area contributed by atoms with Crippen LogP contribution in [0.4, 0.5) is 5.69 Å². The Bertz CT molecular complexity index is 2360. The lowest BCUT2D eigenvalue weighted by Crippen LogP contribution is -3.30. The van der Waals surface area contributed by atoms with Gasteiger partial charge in [-0.05, 0) is 74.4 Å². The summed E-state index contributed by atoms with van der Waals surface area (Å²) in [6.45, 7) is 20.9. The molecule has 0 spiro atoms. The second-order valence-corrected chi connectivity index (χ2v) is 22.5. The molecule has 0 aliphatic rings. The first-order valence-electron chi connectivity index (χ1n) is 26.0. The number of quaternary nitrogens is 2. The molecule has 72 heavy (non-hydrogen) atoms. The van der Waals surface area contributed by atoms with Gasteiger partial charge in [-0.3, -0.25) is 0 Å². The number of rotatable bonds is 9. The topological polar surface area (TPSA) is 8.88 Å². The normalized spacial score (nSPS) is 11.8. The lowest BCUT2D eigenvalue weighted by Gasteiger charge is -2.49. The maximum atomic E-state index is 2.32. The van der Waals surface area contributed by atoms with Crippen molar-refractivity contribution in [1.82, 2.24) is 0 Å². The number of para-hydroxylation sites is 1. The molecule has 0 amide bonds. The molecule has 0 aliphatic carbocycles. The summed E-state index contributed by atoms with van der Waals surface area (Å²) in [4.78, 5) is 3.02. The van der Waals surface area contributed by atoms with Crippen LogP contribution in [0.15, 0.2) is 273 Å². The quantitative estimate of drug-likeness (QED) is 0.134. The van der Waals surface area contributed by atoms with Crippen LogP contribution in [0.2, 0.25) is 0 Å². The standard InChI is InChI=1S/2C24H20B.C12H27N.C8H11N/c2*1-5-13-21(14-6-1)25(22-15-7-2-8-16-22,23-17-9-3-10-18-23)24-19-11-4-12-20-24;1-10(2,3)13(11(4,5)6)12(7,8)9;1-9(2)8-6-4-3-5-7-8/h2*1-20H;1-9H3;3-7H,1-2H3/q2*-1;;/p+2. The molecule has 0 radical (unpaired) electrons. The van der Waals surface area contributed by atoms with E-state index in [1.165, 1.54) is 54.3 Å². The van der Waals surface area contributed by atoms with Gasteiger partial charge in [-0.1, -0.05) is 261 Å². The zero-order valence-corrected chi connectivity index (χ0v) is 45.1. The monoisotopic (exact) mass is 947 g/mol. The largest absolute Gasteiger partial charge is 0.322 e. The Morgan fingerprint density at radius 3 is 0.458 bits per heavy atom. The molecule has 0 fully saturated rings. The van der Waals surface area contributed by atoms with Crippen molar-refractivity contribution in [3.05, 3.63) is 273 Å². The average Bonchev–Trinajstić information content (AvgIpc) is 3.39. The summed E-state index contributed by atoms with van der Waals surface area (Å²) in [5.41, 5.74) is 12.9. The second-order valence-electron chi connectivity index (χ2n) is 22.5. The minimum absolute atomic E-state index is 0.302. The zero-order valence-electron chi connectivity index (χ0n) is 45.1. The fraction of sp³-hybridized carbons (Fsp3) is 0.206. The van der Waals surface area contributed by atoms with Crippen molar-refractivity contribution in [3.8, 4) is 0 Å². The zero-order chi connectivity index (χ0) is 51.7. The molecule has 0 unspecified atom stereocenters. The SMILES string of the molecule is CC(C)(C)[NH+](C(C)(C)C)C(C)(C)C.C[NH+](C)c1ccccc1.c1ccc([B-](c2ccccc2)(c2ccccc2)c2ccccc2)cc1.c1ccc([B-](c2ccccc2)(c2ccccc2)c2ccccc2)cc1. The van der Waals surface area contributed by atoms with Crippen LogP contribution in [0, 0.1) is 0 Å². The van der Waals surface area contributed by atoms with Crippen LogP contribution >= 0.6 is 0 Å². The molecule has 2 N–H and O–H groups in total. The Morgan fingerprint density at radius 2 is 0.361 bits per heavy atom. The third kappa shape index (κ3) is 13.3. The minimum atomic E-state index is -1.22. The third-order valence-corrected chi connectivity index (χ3v) is 14.0. The first-order valence-corrected chi connectivity index (χ1v) is 26.0. The smallest absolute Gasteiger partial charge is 0.130 e. The molecule has 2 nitrogen and oxygen atoms in total. The van der Waals surface area contributed by atoms with Gasteiger partial charge in [-0.25, -0.2) is 0 Å². The predicted molar refractivity (Wildman–Crippen MR) is 319 cm³/mol. The maximum Gasteiger partial charge on any atom is 0.130 e. The Labute approximate surface area is 435 Å². The Balaban J connectivity index is 0.000000169. The summed E-state index contributed by atoms with van der Waals surface area (Å²) in [6, 6.07) is 97.4. The molecular formula is C68H80B2N2. The molecule has 0 saturated heterocycles. The molecule has 0 bridgehead atoms.